The summed E-state index contributed by atoms with van der Waals surface area (Å²) in [5, 5.41) is 4.46. The Kier molecular flexibility index (Phi) is 4.28. The van der Waals surface area contributed by atoms with Gasteiger partial charge in [-0.05, 0) is 30.9 Å². The molecule has 0 spiro atoms. The number of nitrogens with one attached hydrogen (secondary N) is 2. The van der Waals surface area contributed by atoms with Crippen LogP contribution in [0.4, 0.5) is 0 Å². The number of hydrogen-bond donors (Lipinski definition) is 2. The van der Waals surface area contributed by atoms with Crippen molar-refractivity contribution in [3.05, 3.63) is 36.0 Å². The van der Waals surface area contributed by atoms with Crippen LogP contribution in [0.25, 0.3) is 10.9 Å². The zero-order valence-electron chi connectivity index (χ0n) is 12.7. The van der Waals surface area contributed by atoms with Crippen molar-refractivity contribution in [2.24, 2.45) is 5.92 Å². The molecule has 0 aliphatic heterocycles. The number of fused-ring (bicyclic) bond motifs is 1. The first kappa shape index (κ1) is 14.2. The third-order valence-corrected chi connectivity index (χ3v) is 4.60. The predicted octanol–water partition coefficient (Wildman–Crippen LogP) is 3.80. The van der Waals surface area contributed by atoms with Gasteiger partial charge in [0.1, 0.15) is 0 Å². The van der Waals surface area contributed by atoms with Gasteiger partial charge in [0, 0.05) is 29.1 Å². The maximum atomic E-state index is 12.4. The summed E-state index contributed by atoms with van der Waals surface area (Å²) in [6.45, 7) is 2.03. The van der Waals surface area contributed by atoms with Gasteiger partial charge in [0.25, 0.3) is 0 Å². The molecule has 1 aromatic heterocycles. The van der Waals surface area contributed by atoms with E-state index in [2.05, 4.69) is 22.4 Å². The largest absolute Gasteiger partial charge is 0.361 e. The van der Waals surface area contributed by atoms with Gasteiger partial charge >= 0.3 is 0 Å². The van der Waals surface area contributed by atoms with Crippen LogP contribution in [0.15, 0.2) is 30.5 Å². The van der Waals surface area contributed by atoms with E-state index < -0.39 is 0 Å². The number of amides is 1. The summed E-state index contributed by atoms with van der Waals surface area (Å²) in [5.74, 6) is 0.221. The molecule has 3 nitrogen and oxygen atoms in total. The zero-order valence-corrected chi connectivity index (χ0v) is 12.7. The minimum absolute atomic E-state index is 0.0196. The van der Waals surface area contributed by atoms with E-state index in [0.717, 1.165) is 24.8 Å². The monoisotopic (exact) mass is 284 g/mol. The van der Waals surface area contributed by atoms with Crippen LogP contribution in [0.5, 0.6) is 0 Å². The van der Waals surface area contributed by atoms with E-state index in [1.807, 2.05) is 25.3 Å². The highest BCUT2D eigenvalue weighted by Gasteiger charge is 2.20. The number of aromatic amines is 1. The van der Waals surface area contributed by atoms with E-state index in [1.54, 1.807) is 0 Å². The fourth-order valence-corrected chi connectivity index (χ4v) is 3.31. The van der Waals surface area contributed by atoms with Crippen molar-refractivity contribution < 1.29 is 4.79 Å². The van der Waals surface area contributed by atoms with Crippen LogP contribution < -0.4 is 5.32 Å². The highest BCUT2D eigenvalue weighted by atomic mass is 16.1. The van der Waals surface area contributed by atoms with Crippen LogP contribution in [0.2, 0.25) is 0 Å². The second-order valence-electron chi connectivity index (χ2n) is 6.31. The van der Waals surface area contributed by atoms with Gasteiger partial charge in [-0.3, -0.25) is 4.79 Å². The van der Waals surface area contributed by atoms with Crippen molar-refractivity contribution in [3.63, 3.8) is 0 Å². The number of aromatic nitrogens is 1. The molecule has 3 rings (SSSR count). The summed E-state index contributed by atoms with van der Waals surface area (Å²) in [6, 6.07) is 8.67. The van der Waals surface area contributed by atoms with Gasteiger partial charge in [-0.1, -0.05) is 44.4 Å². The molecule has 21 heavy (non-hydrogen) atoms. The SMILES string of the molecule is CC(Cc1c[nH]c2ccccc12)C(=O)NC1CCCCC1. The molecule has 1 heterocycles. The van der Waals surface area contributed by atoms with Gasteiger partial charge in [-0.15, -0.1) is 0 Å². The fourth-order valence-electron chi connectivity index (χ4n) is 3.31. The van der Waals surface area contributed by atoms with Crippen LogP contribution in [0.3, 0.4) is 0 Å². The molecule has 1 unspecified atom stereocenters. The highest BCUT2D eigenvalue weighted by molar-refractivity contribution is 5.84. The molecule has 1 fully saturated rings. The summed E-state index contributed by atoms with van der Waals surface area (Å²) >= 11 is 0. The van der Waals surface area contributed by atoms with Crippen molar-refractivity contribution in [3.8, 4) is 0 Å². The average Bonchev–Trinajstić information content (AvgIpc) is 2.91. The molecular formula is C18H24N2O. The first-order valence-electron chi connectivity index (χ1n) is 8.09. The summed E-state index contributed by atoms with van der Waals surface area (Å²) in [6.07, 6.45) is 8.94. The topological polar surface area (TPSA) is 44.9 Å². The lowest BCUT2D eigenvalue weighted by molar-refractivity contribution is -0.125. The summed E-state index contributed by atoms with van der Waals surface area (Å²) < 4.78 is 0. The minimum Gasteiger partial charge on any atom is -0.361 e. The van der Waals surface area contributed by atoms with Crippen LogP contribution in [-0.4, -0.2) is 16.9 Å². The molecule has 1 amide bonds. The molecule has 1 saturated carbocycles. The second-order valence-corrected chi connectivity index (χ2v) is 6.31. The Hall–Kier alpha value is -1.77. The van der Waals surface area contributed by atoms with Gasteiger partial charge in [-0.2, -0.15) is 0 Å². The van der Waals surface area contributed by atoms with Gasteiger partial charge in [-0.25, -0.2) is 0 Å². The molecule has 2 aromatic rings. The van der Waals surface area contributed by atoms with E-state index >= 15 is 0 Å². The Labute approximate surface area is 126 Å². The number of carbonyl (C=O) groups excluding carboxylic acids is 1. The second kappa shape index (κ2) is 6.33. The molecular weight excluding hydrogens is 260 g/mol. The Morgan fingerprint density at radius 1 is 1.29 bits per heavy atom. The van der Waals surface area contributed by atoms with Crippen LogP contribution in [0, 0.1) is 5.92 Å². The van der Waals surface area contributed by atoms with E-state index in [-0.39, 0.29) is 11.8 Å². The van der Waals surface area contributed by atoms with E-state index in [0.29, 0.717) is 6.04 Å². The van der Waals surface area contributed by atoms with E-state index in [1.165, 1.54) is 30.2 Å². The number of rotatable bonds is 4. The predicted molar refractivity (Wildman–Crippen MR) is 86.2 cm³/mol. The number of benzene rings is 1. The number of hydrogen-bond acceptors (Lipinski definition) is 1. The third-order valence-electron chi connectivity index (χ3n) is 4.60. The van der Waals surface area contributed by atoms with Gasteiger partial charge in [0.05, 0.1) is 0 Å². The first-order chi connectivity index (χ1) is 10.2. The lowest BCUT2D eigenvalue weighted by atomic mass is 9.94. The Balaban J connectivity index is 1.62. The molecule has 0 radical (unpaired) electrons. The standard InChI is InChI=1S/C18H24N2O/c1-13(18(21)20-15-7-3-2-4-8-15)11-14-12-19-17-10-6-5-9-16(14)17/h5-6,9-10,12-13,15,19H,2-4,7-8,11H2,1H3,(H,20,21). The van der Waals surface area contributed by atoms with Gasteiger partial charge in [0.2, 0.25) is 5.91 Å². The molecule has 112 valence electrons. The zero-order chi connectivity index (χ0) is 14.7. The lowest BCUT2D eigenvalue weighted by Gasteiger charge is -2.24. The summed E-state index contributed by atoms with van der Waals surface area (Å²) in [4.78, 5) is 15.6. The molecule has 0 bridgehead atoms. The first-order valence-corrected chi connectivity index (χ1v) is 8.09. The molecule has 1 aliphatic carbocycles. The normalized spacial score (nSPS) is 17.8. The Bertz CT molecular complexity index is 610. The summed E-state index contributed by atoms with van der Waals surface area (Å²) in [5.41, 5.74) is 2.38. The molecule has 1 aliphatic rings. The highest BCUT2D eigenvalue weighted by Crippen LogP contribution is 2.22. The van der Waals surface area contributed by atoms with Crippen LogP contribution in [0.1, 0.15) is 44.6 Å². The molecule has 0 saturated heterocycles. The Morgan fingerprint density at radius 3 is 2.86 bits per heavy atom. The molecule has 1 atom stereocenters. The van der Waals surface area contributed by atoms with Crippen molar-refractivity contribution in [2.45, 2.75) is 51.5 Å². The van der Waals surface area contributed by atoms with Crippen molar-refractivity contribution in [1.29, 1.82) is 0 Å². The molecule has 1 aromatic carbocycles. The smallest absolute Gasteiger partial charge is 0.223 e. The van der Waals surface area contributed by atoms with Crippen LogP contribution >= 0.6 is 0 Å². The average molecular weight is 284 g/mol. The Morgan fingerprint density at radius 2 is 2.05 bits per heavy atom. The quantitative estimate of drug-likeness (QED) is 0.881. The summed E-state index contributed by atoms with van der Waals surface area (Å²) in [7, 11) is 0. The lowest BCUT2D eigenvalue weighted by Crippen LogP contribution is -2.39. The number of H-pyrrole nitrogens is 1. The van der Waals surface area contributed by atoms with Crippen molar-refractivity contribution >= 4 is 16.8 Å². The number of carbonyl (C=O) groups is 1. The minimum atomic E-state index is 0.0196. The van der Waals surface area contributed by atoms with E-state index in [9.17, 15) is 4.79 Å². The fraction of sp³-hybridized carbons (Fsp3) is 0.500. The number of para-hydroxylation sites is 1. The van der Waals surface area contributed by atoms with Crippen molar-refractivity contribution in [2.75, 3.05) is 0 Å². The van der Waals surface area contributed by atoms with Crippen LogP contribution in [-0.2, 0) is 11.2 Å². The van der Waals surface area contributed by atoms with Gasteiger partial charge in [0.15, 0.2) is 0 Å². The maximum Gasteiger partial charge on any atom is 0.223 e. The third kappa shape index (κ3) is 3.29. The van der Waals surface area contributed by atoms with Gasteiger partial charge < -0.3 is 10.3 Å². The van der Waals surface area contributed by atoms with Crippen molar-refractivity contribution in [1.82, 2.24) is 10.3 Å². The molecule has 3 heteroatoms. The van der Waals surface area contributed by atoms with E-state index in [4.69, 9.17) is 0 Å². The molecule has 2 N–H and O–H groups in total. The maximum absolute atomic E-state index is 12.4.